The van der Waals surface area contributed by atoms with Gasteiger partial charge in [-0.3, -0.25) is 4.79 Å². The van der Waals surface area contributed by atoms with Crippen LogP contribution in [0.2, 0.25) is 0 Å². The minimum atomic E-state index is -0.486. The summed E-state index contributed by atoms with van der Waals surface area (Å²) < 4.78 is 0. The summed E-state index contributed by atoms with van der Waals surface area (Å²) in [7, 11) is 1.60. The molecule has 0 unspecified atom stereocenters. The van der Waals surface area contributed by atoms with Crippen LogP contribution in [-0.2, 0) is 4.79 Å². The van der Waals surface area contributed by atoms with Gasteiger partial charge < -0.3 is 5.32 Å². The Balaban J connectivity index is 4.20. The number of aliphatic imine (C=N–C) groups is 1. The van der Waals surface area contributed by atoms with Crippen LogP contribution in [0.15, 0.2) is 4.99 Å². The molecule has 0 rings (SSSR count). The van der Waals surface area contributed by atoms with Gasteiger partial charge in [-0.2, -0.15) is 0 Å². The normalized spacial score (nSPS) is 10.1. The summed E-state index contributed by atoms with van der Waals surface area (Å²) in [5, 5.41) is 4.78. The minimum Gasteiger partial charge on any atom is -0.359 e. The fourth-order valence-electron chi connectivity index (χ4n) is 0.640. The Kier molecular flexibility index (Phi) is 3.93. The molecule has 0 saturated carbocycles. The van der Waals surface area contributed by atoms with Crippen molar-refractivity contribution in [2.75, 3.05) is 13.6 Å². The van der Waals surface area contributed by atoms with Gasteiger partial charge in [0.25, 0.3) is 0 Å². The first-order chi connectivity index (χ1) is 5.04. The Morgan fingerprint density at radius 1 is 1.73 bits per heavy atom. The Morgan fingerprint density at radius 2 is 2.27 bits per heavy atom. The molecule has 0 aromatic heterocycles. The number of thiocarbonyl (C=S) groups is 1. The van der Waals surface area contributed by atoms with Crippen molar-refractivity contribution in [3.63, 3.8) is 0 Å². The molecule has 1 amide bonds. The third-order valence-electron chi connectivity index (χ3n) is 1.38. The van der Waals surface area contributed by atoms with Crippen molar-refractivity contribution in [3.8, 4) is 0 Å². The molecule has 62 valence electrons. The van der Waals surface area contributed by atoms with E-state index in [2.05, 4.69) is 27.7 Å². The van der Waals surface area contributed by atoms with Crippen molar-refractivity contribution in [2.24, 2.45) is 10.4 Å². The zero-order valence-corrected chi connectivity index (χ0v) is 7.79. The van der Waals surface area contributed by atoms with E-state index in [1.165, 1.54) is 0 Å². The van der Waals surface area contributed by atoms with Gasteiger partial charge in [-0.25, -0.2) is 4.99 Å². The first-order valence-corrected chi connectivity index (χ1v) is 3.71. The number of rotatable bonds is 3. The van der Waals surface area contributed by atoms with E-state index < -0.39 is 5.41 Å². The lowest BCUT2D eigenvalue weighted by molar-refractivity contribution is -0.128. The van der Waals surface area contributed by atoms with Gasteiger partial charge in [0, 0.05) is 7.05 Å². The largest absolute Gasteiger partial charge is 0.359 e. The van der Waals surface area contributed by atoms with Crippen LogP contribution in [0.3, 0.4) is 0 Å². The molecule has 0 spiro atoms. The quantitative estimate of drug-likeness (QED) is 0.507. The second kappa shape index (κ2) is 4.21. The van der Waals surface area contributed by atoms with Crippen LogP contribution in [0.1, 0.15) is 13.8 Å². The topological polar surface area (TPSA) is 41.5 Å². The zero-order valence-electron chi connectivity index (χ0n) is 6.97. The molecule has 0 fully saturated rings. The second-order valence-corrected chi connectivity index (χ2v) is 3.05. The first kappa shape index (κ1) is 10.3. The predicted octanol–water partition coefficient (Wildman–Crippen LogP) is 0.861. The molecule has 0 aliphatic heterocycles. The number of carbonyl (C=O) groups excluding carboxylic acids is 1. The summed E-state index contributed by atoms with van der Waals surface area (Å²) in [6, 6.07) is 0. The first-order valence-electron chi connectivity index (χ1n) is 3.30. The molecule has 0 aromatic rings. The predicted molar refractivity (Wildman–Crippen MR) is 47.7 cm³/mol. The summed E-state index contributed by atoms with van der Waals surface area (Å²) in [6.45, 7) is 4.00. The minimum absolute atomic E-state index is 0.0356. The molecule has 0 heterocycles. The van der Waals surface area contributed by atoms with Gasteiger partial charge in [0.05, 0.1) is 17.1 Å². The van der Waals surface area contributed by atoms with Gasteiger partial charge in [0.1, 0.15) is 0 Å². The standard InChI is InChI=1S/C7H12N2OS/c1-7(2,4-9-5-11)6(10)8-3/h4H2,1-3H3,(H,8,10). The summed E-state index contributed by atoms with van der Waals surface area (Å²) in [6.07, 6.45) is 0. The lowest BCUT2D eigenvalue weighted by atomic mass is 9.93. The molecule has 0 aliphatic carbocycles. The summed E-state index contributed by atoms with van der Waals surface area (Å²) in [5.41, 5.74) is -0.486. The van der Waals surface area contributed by atoms with Gasteiger partial charge >= 0.3 is 0 Å². The summed E-state index contributed by atoms with van der Waals surface area (Å²) in [4.78, 5) is 14.8. The zero-order chi connectivity index (χ0) is 8.91. The third-order valence-corrected chi connectivity index (χ3v) is 1.51. The smallest absolute Gasteiger partial charge is 0.227 e. The van der Waals surface area contributed by atoms with Crippen molar-refractivity contribution in [1.82, 2.24) is 5.32 Å². The monoisotopic (exact) mass is 172 g/mol. The molecule has 0 aliphatic rings. The number of amides is 1. The van der Waals surface area contributed by atoms with Crippen LogP contribution in [0.5, 0.6) is 0 Å². The number of nitrogens with zero attached hydrogens (tertiary/aromatic N) is 1. The molecule has 3 nitrogen and oxygen atoms in total. The number of hydrogen-bond donors (Lipinski definition) is 1. The van der Waals surface area contributed by atoms with Crippen LogP contribution in [0, 0.1) is 5.41 Å². The summed E-state index contributed by atoms with van der Waals surface area (Å²) in [5.74, 6) is -0.0356. The highest BCUT2D eigenvalue weighted by Gasteiger charge is 2.25. The van der Waals surface area contributed by atoms with E-state index in [-0.39, 0.29) is 5.91 Å². The Labute approximate surface area is 71.9 Å². The molecule has 11 heavy (non-hydrogen) atoms. The fraction of sp³-hybridized carbons (Fsp3) is 0.714. The van der Waals surface area contributed by atoms with Gasteiger partial charge in [-0.15, -0.1) is 0 Å². The lowest BCUT2D eigenvalue weighted by Crippen LogP contribution is -2.36. The maximum atomic E-state index is 11.1. The van der Waals surface area contributed by atoms with Crippen molar-refractivity contribution in [3.05, 3.63) is 0 Å². The van der Waals surface area contributed by atoms with Crippen molar-refractivity contribution < 1.29 is 4.79 Å². The Hall–Kier alpha value is -0.730. The van der Waals surface area contributed by atoms with Crippen molar-refractivity contribution >= 4 is 23.3 Å². The van der Waals surface area contributed by atoms with Gasteiger partial charge in [-0.05, 0) is 26.1 Å². The molecule has 0 atom stereocenters. The van der Waals surface area contributed by atoms with Crippen LogP contribution in [0.25, 0.3) is 0 Å². The van der Waals surface area contributed by atoms with Crippen LogP contribution in [-0.4, -0.2) is 24.7 Å². The fourth-order valence-corrected chi connectivity index (χ4v) is 0.705. The van der Waals surface area contributed by atoms with Crippen molar-refractivity contribution in [2.45, 2.75) is 13.8 Å². The molecule has 0 bridgehead atoms. The number of isothiocyanates is 1. The van der Waals surface area contributed by atoms with Crippen molar-refractivity contribution in [1.29, 1.82) is 0 Å². The van der Waals surface area contributed by atoms with Crippen LogP contribution < -0.4 is 5.32 Å². The van der Waals surface area contributed by atoms with E-state index in [0.717, 1.165) is 0 Å². The average Bonchev–Trinajstić information content (AvgIpc) is 1.99. The van der Waals surface area contributed by atoms with Crippen LogP contribution >= 0.6 is 12.2 Å². The summed E-state index contributed by atoms with van der Waals surface area (Å²) >= 11 is 4.39. The highest BCUT2D eigenvalue weighted by molar-refractivity contribution is 7.78. The van der Waals surface area contributed by atoms with Gasteiger partial charge in [0.15, 0.2) is 0 Å². The molecule has 0 saturated heterocycles. The highest BCUT2D eigenvalue weighted by atomic mass is 32.1. The highest BCUT2D eigenvalue weighted by Crippen LogP contribution is 2.14. The van der Waals surface area contributed by atoms with E-state index in [9.17, 15) is 4.79 Å². The lowest BCUT2D eigenvalue weighted by Gasteiger charge is -2.18. The SMILES string of the molecule is CNC(=O)C(C)(C)CN=C=S. The Bertz CT molecular complexity index is 195. The number of nitrogens with one attached hydrogen (secondary N) is 1. The molecule has 4 heteroatoms. The molecular weight excluding hydrogens is 160 g/mol. The van der Waals surface area contributed by atoms with Crippen LogP contribution in [0.4, 0.5) is 0 Å². The van der Waals surface area contributed by atoms with E-state index in [1.807, 2.05) is 13.8 Å². The maximum absolute atomic E-state index is 11.1. The third kappa shape index (κ3) is 3.25. The number of carbonyl (C=O) groups is 1. The number of hydrogen-bond acceptors (Lipinski definition) is 3. The van der Waals surface area contributed by atoms with E-state index in [1.54, 1.807) is 7.05 Å². The van der Waals surface area contributed by atoms with Gasteiger partial charge in [0.2, 0.25) is 5.91 Å². The van der Waals surface area contributed by atoms with E-state index >= 15 is 0 Å². The van der Waals surface area contributed by atoms with E-state index in [0.29, 0.717) is 6.54 Å². The Morgan fingerprint density at radius 3 is 2.64 bits per heavy atom. The maximum Gasteiger partial charge on any atom is 0.227 e. The second-order valence-electron chi connectivity index (χ2n) is 2.87. The molecule has 1 N–H and O–H groups in total. The molecule has 0 aromatic carbocycles. The average molecular weight is 172 g/mol. The van der Waals surface area contributed by atoms with E-state index in [4.69, 9.17) is 0 Å². The van der Waals surface area contributed by atoms with Gasteiger partial charge in [-0.1, -0.05) is 0 Å². The molecular formula is C7H12N2OS. The molecule has 0 radical (unpaired) electrons.